The molecule has 0 aliphatic carbocycles. The summed E-state index contributed by atoms with van der Waals surface area (Å²) in [5.74, 6) is -0.213. The van der Waals surface area contributed by atoms with Crippen LogP contribution in [0.5, 0.6) is 5.75 Å². The first-order chi connectivity index (χ1) is 11.5. The van der Waals surface area contributed by atoms with Gasteiger partial charge in [0.05, 0.1) is 24.7 Å². The molecule has 0 aromatic heterocycles. The molecule has 0 saturated carbocycles. The van der Waals surface area contributed by atoms with E-state index in [9.17, 15) is 14.4 Å². The summed E-state index contributed by atoms with van der Waals surface area (Å²) in [6.45, 7) is 1.95. The number of hydrogen-bond acceptors (Lipinski definition) is 7. The zero-order valence-corrected chi connectivity index (χ0v) is 14.4. The maximum atomic E-state index is 12.5. The van der Waals surface area contributed by atoms with Crippen molar-refractivity contribution >= 4 is 35.2 Å². The van der Waals surface area contributed by atoms with E-state index in [1.165, 1.54) is 11.8 Å². The molecular weight excluding hydrogens is 332 g/mol. The summed E-state index contributed by atoms with van der Waals surface area (Å²) >= 11 is 1.20. The highest BCUT2D eigenvalue weighted by Gasteiger charge is 2.40. The number of thioether (sulfide) groups is 1. The average molecular weight is 352 g/mol. The SMILES string of the molecule is CCOC(=O)[C@H](N)CSC1CC(=O)N(c2ccc(OC)cc2)C1=O. The molecule has 1 aliphatic heterocycles. The second kappa shape index (κ2) is 8.16. The van der Waals surface area contributed by atoms with E-state index in [4.69, 9.17) is 15.2 Å². The van der Waals surface area contributed by atoms with Crippen LogP contribution in [0.1, 0.15) is 13.3 Å². The highest BCUT2D eigenvalue weighted by molar-refractivity contribution is 8.00. The summed E-state index contributed by atoms with van der Waals surface area (Å²) in [5.41, 5.74) is 6.22. The Morgan fingerprint density at radius 2 is 2.04 bits per heavy atom. The Labute approximate surface area is 144 Å². The van der Waals surface area contributed by atoms with Gasteiger partial charge in [0, 0.05) is 12.2 Å². The second-order valence-corrected chi connectivity index (χ2v) is 6.39. The molecule has 0 bridgehead atoms. The zero-order valence-electron chi connectivity index (χ0n) is 13.6. The van der Waals surface area contributed by atoms with Crippen molar-refractivity contribution in [2.45, 2.75) is 24.6 Å². The predicted molar refractivity (Wildman–Crippen MR) is 91.0 cm³/mol. The Hall–Kier alpha value is -2.06. The standard InChI is InChI=1S/C16H20N2O5S/c1-3-23-16(21)12(17)9-24-13-8-14(19)18(15(13)20)10-4-6-11(22-2)7-5-10/h4-7,12-13H,3,8-9,17H2,1-2H3/t12-,13?/m1/s1. The summed E-state index contributed by atoms with van der Waals surface area (Å²) in [7, 11) is 1.54. The van der Waals surface area contributed by atoms with Crippen molar-refractivity contribution in [3.63, 3.8) is 0 Å². The Bertz CT molecular complexity index is 619. The Kier molecular flexibility index (Phi) is 6.22. The molecule has 1 unspecified atom stereocenters. The van der Waals surface area contributed by atoms with Crippen molar-refractivity contribution < 1.29 is 23.9 Å². The smallest absolute Gasteiger partial charge is 0.323 e. The molecule has 24 heavy (non-hydrogen) atoms. The van der Waals surface area contributed by atoms with Gasteiger partial charge in [0.1, 0.15) is 11.8 Å². The van der Waals surface area contributed by atoms with Gasteiger partial charge in [0.25, 0.3) is 0 Å². The summed E-state index contributed by atoms with van der Waals surface area (Å²) in [4.78, 5) is 37.3. The first kappa shape index (κ1) is 18.3. The molecule has 1 aliphatic rings. The molecule has 0 radical (unpaired) electrons. The van der Waals surface area contributed by atoms with Crippen molar-refractivity contribution in [2.24, 2.45) is 5.73 Å². The number of amides is 2. The molecule has 130 valence electrons. The number of esters is 1. The van der Waals surface area contributed by atoms with Gasteiger partial charge in [0.15, 0.2) is 0 Å². The molecule has 2 N–H and O–H groups in total. The summed E-state index contributed by atoms with van der Waals surface area (Å²) in [6.07, 6.45) is 0.0884. The first-order valence-electron chi connectivity index (χ1n) is 7.52. The van der Waals surface area contributed by atoms with E-state index >= 15 is 0 Å². The largest absolute Gasteiger partial charge is 0.497 e. The summed E-state index contributed by atoms with van der Waals surface area (Å²) in [5, 5.41) is -0.542. The number of nitrogens with two attached hydrogens (primary N) is 1. The Balaban J connectivity index is 1.99. The number of methoxy groups -OCH3 is 1. The monoisotopic (exact) mass is 352 g/mol. The lowest BCUT2D eigenvalue weighted by atomic mass is 10.3. The maximum absolute atomic E-state index is 12.5. The number of hydrogen-bond donors (Lipinski definition) is 1. The van der Waals surface area contributed by atoms with Crippen LogP contribution in [0.4, 0.5) is 5.69 Å². The molecule has 1 heterocycles. The fraction of sp³-hybridized carbons (Fsp3) is 0.438. The minimum absolute atomic E-state index is 0.0884. The van der Waals surface area contributed by atoms with E-state index in [1.54, 1.807) is 38.3 Å². The normalized spacial score (nSPS) is 18.6. The fourth-order valence-electron chi connectivity index (χ4n) is 2.27. The van der Waals surface area contributed by atoms with Gasteiger partial charge in [-0.1, -0.05) is 0 Å². The van der Waals surface area contributed by atoms with Crippen LogP contribution >= 0.6 is 11.8 Å². The lowest BCUT2D eigenvalue weighted by molar-refractivity contribution is -0.144. The third kappa shape index (κ3) is 4.07. The van der Waals surface area contributed by atoms with E-state index in [2.05, 4.69) is 0 Å². The van der Waals surface area contributed by atoms with Crippen LogP contribution in [-0.2, 0) is 19.1 Å². The van der Waals surface area contributed by atoms with Crippen LogP contribution in [-0.4, -0.2) is 48.5 Å². The molecule has 8 heteroatoms. The van der Waals surface area contributed by atoms with Crippen LogP contribution in [0.15, 0.2) is 24.3 Å². The number of carbonyl (C=O) groups excluding carboxylic acids is 3. The van der Waals surface area contributed by atoms with Gasteiger partial charge in [-0.3, -0.25) is 14.4 Å². The average Bonchev–Trinajstić information content (AvgIpc) is 2.86. The van der Waals surface area contributed by atoms with Crippen LogP contribution in [0.2, 0.25) is 0 Å². The zero-order chi connectivity index (χ0) is 17.7. The molecule has 2 atom stereocenters. The van der Waals surface area contributed by atoms with Gasteiger partial charge < -0.3 is 15.2 Å². The number of ether oxygens (including phenoxy) is 2. The number of benzene rings is 1. The Morgan fingerprint density at radius 1 is 1.38 bits per heavy atom. The quantitative estimate of drug-likeness (QED) is 0.576. The third-order valence-electron chi connectivity index (χ3n) is 3.50. The van der Waals surface area contributed by atoms with Gasteiger partial charge >= 0.3 is 5.97 Å². The summed E-state index contributed by atoms with van der Waals surface area (Å²) in [6, 6.07) is 5.88. The molecule has 1 fully saturated rings. The van der Waals surface area contributed by atoms with Crippen LogP contribution < -0.4 is 15.4 Å². The molecule has 0 spiro atoms. The minimum Gasteiger partial charge on any atom is -0.497 e. The van der Waals surface area contributed by atoms with Crippen LogP contribution in [0, 0.1) is 0 Å². The van der Waals surface area contributed by atoms with Crippen molar-refractivity contribution in [3.05, 3.63) is 24.3 Å². The van der Waals surface area contributed by atoms with Gasteiger partial charge in [-0.15, -0.1) is 11.8 Å². The van der Waals surface area contributed by atoms with Crippen molar-refractivity contribution in [1.82, 2.24) is 0 Å². The maximum Gasteiger partial charge on any atom is 0.323 e. The van der Waals surface area contributed by atoms with Gasteiger partial charge in [0.2, 0.25) is 11.8 Å². The molecular formula is C16H20N2O5S. The Morgan fingerprint density at radius 3 is 2.62 bits per heavy atom. The number of anilines is 1. The minimum atomic E-state index is -0.812. The highest BCUT2D eigenvalue weighted by Crippen LogP contribution is 2.30. The first-order valence-corrected chi connectivity index (χ1v) is 8.57. The number of imide groups is 1. The van der Waals surface area contributed by atoms with Crippen molar-refractivity contribution in [1.29, 1.82) is 0 Å². The van der Waals surface area contributed by atoms with E-state index in [-0.39, 0.29) is 30.6 Å². The second-order valence-electron chi connectivity index (χ2n) is 5.15. The van der Waals surface area contributed by atoms with Crippen molar-refractivity contribution in [3.8, 4) is 5.75 Å². The molecule has 1 aromatic carbocycles. The number of rotatable bonds is 7. The van der Waals surface area contributed by atoms with Gasteiger partial charge in [-0.25, -0.2) is 4.90 Å². The van der Waals surface area contributed by atoms with E-state index in [1.807, 2.05) is 0 Å². The van der Waals surface area contributed by atoms with Crippen LogP contribution in [0.25, 0.3) is 0 Å². The molecule has 1 saturated heterocycles. The lowest BCUT2D eigenvalue weighted by Gasteiger charge is -2.16. The van der Waals surface area contributed by atoms with Gasteiger partial charge in [-0.05, 0) is 31.2 Å². The lowest BCUT2D eigenvalue weighted by Crippen LogP contribution is -2.36. The molecule has 2 rings (SSSR count). The van der Waals surface area contributed by atoms with Gasteiger partial charge in [-0.2, -0.15) is 0 Å². The third-order valence-corrected chi connectivity index (χ3v) is 4.82. The molecule has 7 nitrogen and oxygen atoms in total. The van der Waals surface area contributed by atoms with E-state index in [0.29, 0.717) is 11.4 Å². The topological polar surface area (TPSA) is 98.9 Å². The predicted octanol–water partition coefficient (Wildman–Crippen LogP) is 0.951. The van der Waals surface area contributed by atoms with E-state index < -0.39 is 17.3 Å². The van der Waals surface area contributed by atoms with Crippen LogP contribution in [0.3, 0.4) is 0 Å². The fourth-order valence-corrected chi connectivity index (χ4v) is 3.36. The van der Waals surface area contributed by atoms with Crippen molar-refractivity contribution in [2.75, 3.05) is 24.4 Å². The molecule has 1 aromatic rings. The molecule has 2 amide bonds. The number of nitrogens with zero attached hydrogens (tertiary/aromatic N) is 1. The number of carbonyl (C=O) groups is 3. The highest BCUT2D eigenvalue weighted by atomic mass is 32.2. The summed E-state index contributed by atoms with van der Waals surface area (Å²) < 4.78 is 9.89. The van der Waals surface area contributed by atoms with E-state index in [0.717, 1.165) is 4.90 Å².